The van der Waals surface area contributed by atoms with Gasteiger partial charge in [0, 0.05) is 10.0 Å². The van der Waals surface area contributed by atoms with Crippen LogP contribution < -0.4 is 10.6 Å². The highest BCUT2D eigenvalue weighted by atomic mass is 35.5. The molecule has 1 rings (SSSR count). The van der Waals surface area contributed by atoms with Crippen LogP contribution in [0.2, 0.25) is 10.0 Å². The summed E-state index contributed by atoms with van der Waals surface area (Å²) in [6.07, 6.45) is 0. The molecule has 17 heavy (non-hydrogen) atoms. The average Bonchev–Trinajstić information content (AvgIpc) is 2.14. The quantitative estimate of drug-likeness (QED) is 0.781. The topological polar surface area (TPSA) is 98.5 Å². The number of rotatable bonds is 5. The number of hydrogen-bond donors (Lipinski definition) is 2. The first-order valence-electron chi connectivity index (χ1n) is 4.19. The highest BCUT2D eigenvalue weighted by molar-refractivity contribution is 7.89. The van der Waals surface area contributed by atoms with E-state index in [-0.39, 0.29) is 14.9 Å². The number of sulfonamides is 1. The molecule has 94 valence electrons. The number of primary amides is 1. The lowest BCUT2D eigenvalue weighted by Gasteiger charge is -2.06. The molecule has 0 saturated heterocycles. The van der Waals surface area contributed by atoms with Crippen LogP contribution >= 0.6 is 23.2 Å². The number of nitrogens with one attached hydrogen (secondary N) is 1. The lowest BCUT2D eigenvalue weighted by Crippen LogP contribution is -2.29. The maximum Gasteiger partial charge on any atom is 0.262 e. The first-order chi connectivity index (χ1) is 7.81. The van der Waals surface area contributed by atoms with Crippen molar-refractivity contribution < 1.29 is 18.0 Å². The van der Waals surface area contributed by atoms with Gasteiger partial charge in [-0.2, -0.15) is 0 Å². The summed E-state index contributed by atoms with van der Waals surface area (Å²) in [5.41, 5.74) is 4.77. The van der Waals surface area contributed by atoms with Crippen LogP contribution in [0.1, 0.15) is 0 Å². The van der Waals surface area contributed by atoms with Crippen LogP contribution in [0.25, 0.3) is 0 Å². The molecule has 0 heterocycles. The van der Waals surface area contributed by atoms with Crippen molar-refractivity contribution in [3.05, 3.63) is 28.2 Å². The van der Waals surface area contributed by atoms with E-state index in [1.807, 2.05) is 0 Å². The Morgan fingerprint density at radius 3 is 2.29 bits per heavy atom. The average molecular weight is 299 g/mol. The first kappa shape index (κ1) is 14.2. The molecule has 9 heteroatoms. The highest BCUT2D eigenvalue weighted by Gasteiger charge is 2.16. The van der Waals surface area contributed by atoms with Crippen molar-refractivity contribution >= 4 is 39.1 Å². The van der Waals surface area contributed by atoms with Crippen molar-refractivity contribution in [2.45, 2.75) is 4.90 Å². The molecule has 0 atom stereocenters. The molecule has 0 aliphatic rings. The van der Waals surface area contributed by atoms with E-state index < -0.39 is 22.5 Å². The summed E-state index contributed by atoms with van der Waals surface area (Å²) in [4.78, 5) is 16.3. The monoisotopic (exact) mass is 298 g/mol. The third-order valence-corrected chi connectivity index (χ3v) is 3.16. The third kappa shape index (κ3) is 4.49. The molecule has 0 unspecified atom stereocenters. The van der Waals surface area contributed by atoms with Gasteiger partial charge in [-0.3, -0.25) is 9.63 Å². The van der Waals surface area contributed by atoms with Crippen LogP contribution in [0.5, 0.6) is 0 Å². The number of benzene rings is 1. The Morgan fingerprint density at radius 2 is 1.82 bits per heavy atom. The number of nitrogens with two attached hydrogens (primary N) is 1. The summed E-state index contributed by atoms with van der Waals surface area (Å²) in [6.45, 7) is -0.576. The molecule has 0 aliphatic heterocycles. The van der Waals surface area contributed by atoms with Crippen LogP contribution in [-0.4, -0.2) is 20.9 Å². The summed E-state index contributed by atoms with van der Waals surface area (Å²) in [5, 5.41) is 0.320. The van der Waals surface area contributed by atoms with Gasteiger partial charge in [0.05, 0.1) is 4.90 Å². The van der Waals surface area contributed by atoms with Gasteiger partial charge < -0.3 is 5.73 Å². The van der Waals surface area contributed by atoms with Crippen LogP contribution in [-0.2, 0) is 19.7 Å². The minimum Gasteiger partial charge on any atom is -0.368 e. The molecular formula is C8H8Cl2N2O4S. The predicted molar refractivity (Wildman–Crippen MR) is 61.9 cm³/mol. The molecule has 1 aromatic carbocycles. The minimum absolute atomic E-state index is 0.160. The van der Waals surface area contributed by atoms with E-state index in [0.717, 1.165) is 0 Å². The second-order valence-electron chi connectivity index (χ2n) is 2.95. The molecule has 6 nitrogen and oxygen atoms in total. The number of amides is 1. The first-order valence-corrected chi connectivity index (χ1v) is 6.43. The molecule has 0 radical (unpaired) electrons. The summed E-state index contributed by atoms with van der Waals surface area (Å²) in [6, 6.07) is 3.75. The third-order valence-electron chi connectivity index (χ3n) is 1.53. The second kappa shape index (κ2) is 5.65. The zero-order valence-corrected chi connectivity index (χ0v) is 10.6. The largest absolute Gasteiger partial charge is 0.368 e. The van der Waals surface area contributed by atoms with E-state index >= 15 is 0 Å². The van der Waals surface area contributed by atoms with Gasteiger partial charge in [-0.25, -0.2) is 8.42 Å². The van der Waals surface area contributed by atoms with Gasteiger partial charge in [0.2, 0.25) is 5.91 Å². The van der Waals surface area contributed by atoms with Crippen molar-refractivity contribution in [1.29, 1.82) is 0 Å². The molecule has 0 bridgehead atoms. The van der Waals surface area contributed by atoms with Gasteiger partial charge in [0.1, 0.15) is 6.61 Å². The molecular weight excluding hydrogens is 291 g/mol. The van der Waals surface area contributed by atoms with Crippen LogP contribution in [0.4, 0.5) is 0 Å². The Bertz CT molecular complexity index is 512. The summed E-state index contributed by atoms with van der Waals surface area (Å²) in [5.74, 6) is -0.808. The van der Waals surface area contributed by atoms with Gasteiger partial charge in [0.15, 0.2) is 0 Å². The number of halogens is 2. The molecule has 3 N–H and O–H groups in total. The molecule has 0 fully saturated rings. The van der Waals surface area contributed by atoms with Crippen LogP contribution in [0, 0.1) is 0 Å². The van der Waals surface area contributed by atoms with Crippen molar-refractivity contribution in [2.24, 2.45) is 5.73 Å². The standard InChI is InChI=1S/C8H8Cl2N2O4S/c9-5-1-6(10)3-7(2-5)17(14,15)12-16-4-8(11)13/h1-3,12H,4H2,(H2,11,13). The van der Waals surface area contributed by atoms with Gasteiger partial charge in [0.25, 0.3) is 10.0 Å². The normalized spacial score (nSPS) is 11.4. The maximum atomic E-state index is 11.6. The zero-order valence-electron chi connectivity index (χ0n) is 8.31. The Morgan fingerprint density at radius 1 is 1.29 bits per heavy atom. The van der Waals surface area contributed by atoms with Crippen molar-refractivity contribution in [3.63, 3.8) is 0 Å². The van der Waals surface area contributed by atoms with E-state index in [2.05, 4.69) is 4.84 Å². The van der Waals surface area contributed by atoms with Gasteiger partial charge in [-0.1, -0.05) is 28.1 Å². The molecule has 1 aromatic rings. The lowest BCUT2D eigenvalue weighted by atomic mass is 10.4. The second-order valence-corrected chi connectivity index (χ2v) is 5.46. The van der Waals surface area contributed by atoms with E-state index in [4.69, 9.17) is 28.9 Å². The molecule has 0 aliphatic carbocycles. The van der Waals surface area contributed by atoms with E-state index in [9.17, 15) is 13.2 Å². The van der Waals surface area contributed by atoms with Crippen molar-refractivity contribution in [3.8, 4) is 0 Å². The fourth-order valence-electron chi connectivity index (χ4n) is 0.910. The van der Waals surface area contributed by atoms with Crippen LogP contribution in [0.15, 0.2) is 23.1 Å². The van der Waals surface area contributed by atoms with Gasteiger partial charge >= 0.3 is 0 Å². The molecule has 0 spiro atoms. The van der Waals surface area contributed by atoms with Crippen molar-refractivity contribution in [2.75, 3.05) is 6.61 Å². The lowest BCUT2D eigenvalue weighted by molar-refractivity contribution is -0.123. The molecule has 0 saturated carbocycles. The van der Waals surface area contributed by atoms with Crippen LogP contribution in [0.3, 0.4) is 0 Å². The fourth-order valence-corrected chi connectivity index (χ4v) is 2.44. The Balaban J connectivity index is 2.86. The van der Waals surface area contributed by atoms with Crippen molar-refractivity contribution in [1.82, 2.24) is 4.89 Å². The highest BCUT2D eigenvalue weighted by Crippen LogP contribution is 2.21. The summed E-state index contributed by atoms with van der Waals surface area (Å²) >= 11 is 11.3. The van der Waals surface area contributed by atoms with E-state index in [1.54, 1.807) is 4.89 Å². The maximum absolute atomic E-state index is 11.6. The van der Waals surface area contributed by atoms with Gasteiger partial charge in [-0.05, 0) is 18.2 Å². The van der Waals surface area contributed by atoms with E-state index in [0.29, 0.717) is 0 Å². The molecule has 0 aromatic heterocycles. The predicted octanol–water partition coefficient (Wildman–Crippen LogP) is 0.689. The number of carbonyl (C=O) groups is 1. The number of carbonyl (C=O) groups excluding carboxylic acids is 1. The Hall–Kier alpha value is -0.860. The number of hydrogen-bond acceptors (Lipinski definition) is 4. The zero-order chi connectivity index (χ0) is 13.1. The fraction of sp³-hybridized carbons (Fsp3) is 0.125. The summed E-state index contributed by atoms with van der Waals surface area (Å²) < 4.78 is 23.2. The Labute approximate surface area is 108 Å². The summed E-state index contributed by atoms with van der Waals surface area (Å²) in [7, 11) is -3.95. The van der Waals surface area contributed by atoms with E-state index in [1.165, 1.54) is 18.2 Å². The smallest absolute Gasteiger partial charge is 0.262 e. The van der Waals surface area contributed by atoms with Gasteiger partial charge in [-0.15, -0.1) is 0 Å². The minimum atomic E-state index is -3.95. The SMILES string of the molecule is NC(=O)CONS(=O)(=O)c1cc(Cl)cc(Cl)c1. The Kier molecular flexibility index (Phi) is 4.72. The molecule has 1 amide bonds.